The van der Waals surface area contributed by atoms with E-state index in [4.69, 9.17) is 0 Å². The average molecular weight is 363 g/mol. The van der Waals surface area contributed by atoms with Crippen LogP contribution in [-0.2, 0) is 6.18 Å². The Morgan fingerprint density at radius 2 is 1.80 bits per heavy atom. The van der Waals surface area contributed by atoms with Gasteiger partial charge in [0.25, 0.3) is 5.91 Å². The van der Waals surface area contributed by atoms with Gasteiger partial charge < -0.3 is 0 Å². The van der Waals surface area contributed by atoms with Gasteiger partial charge in [-0.25, -0.2) is 4.98 Å². The maximum absolute atomic E-state index is 12.6. The van der Waals surface area contributed by atoms with Gasteiger partial charge in [0, 0.05) is 10.9 Å². The number of hydrogen-bond donors (Lipinski definition) is 1. The normalized spacial score (nSPS) is 11.4. The Labute approximate surface area is 145 Å². The van der Waals surface area contributed by atoms with Gasteiger partial charge >= 0.3 is 6.18 Å². The zero-order valence-corrected chi connectivity index (χ0v) is 13.8. The van der Waals surface area contributed by atoms with E-state index in [0.717, 1.165) is 22.3 Å². The number of alkyl halides is 3. The summed E-state index contributed by atoms with van der Waals surface area (Å²) in [5, 5.41) is 3.13. The molecule has 0 aliphatic rings. The van der Waals surface area contributed by atoms with Crippen LogP contribution in [0.3, 0.4) is 0 Å². The Balaban J connectivity index is 1.80. The number of rotatable bonds is 3. The fraction of sp³-hybridized carbons (Fsp3) is 0.118. The number of aromatic nitrogens is 2. The van der Waals surface area contributed by atoms with Gasteiger partial charge in [0.05, 0.1) is 17.0 Å². The summed E-state index contributed by atoms with van der Waals surface area (Å²) in [5.41, 5.74) is 1.35. The third-order valence-electron chi connectivity index (χ3n) is 3.42. The van der Waals surface area contributed by atoms with E-state index in [1.54, 1.807) is 19.1 Å². The van der Waals surface area contributed by atoms with Gasteiger partial charge in [0.1, 0.15) is 0 Å². The minimum Gasteiger partial charge on any atom is -0.298 e. The highest BCUT2D eigenvalue weighted by molar-refractivity contribution is 7.14. The summed E-state index contributed by atoms with van der Waals surface area (Å²) in [4.78, 5) is 20.1. The summed E-state index contributed by atoms with van der Waals surface area (Å²) < 4.78 is 37.7. The van der Waals surface area contributed by atoms with E-state index in [0.29, 0.717) is 11.4 Å². The number of carbonyl (C=O) groups excluding carboxylic acids is 1. The summed E-state index contributed by atoms with van der Waals surface area (Å²) in [6, 6.07) is 12.7. The molecule has 0 aliphatic heterocycles. The quantitative estimate of drug-likeness (QED) is 0.728. The molecule has 0 fully saturated rings. The second kappa shape index (κ2) is 6.64. The van der Waals surface area contributed by atoms with Crippen LogP contribution in [0.15, 0.2) is 47.8 Å². The minimum atomic E-state index is -4.53. The molecule has 0 unspecified atom stereocenters. The molecule has 1 amide bonds. The molecule has 25 heavy (non-hydrogen) atoms. The van der Waals surface area contributed by atoms with E-state index in [9.17, 15) is 18.0 Å². The number of benzene rings is 1. The standard InChI is InChI=1S/C17H12F3N3OS/c1-10-12(7-8-13(21-10)11-5-3-2-4-6-11)15(24)23-16-22-14(9-25-16)17(18,19)20/h2-9H,1H3,(H,22,23,24). The van der Waals surface area contributed by atoms with E-state index in [2.05, 4.69) is 15.3 Å². The molecule has 0 radical (unpaired) electrons. The van der Waals surface area contributed by atoms with Crippen LogP contribution in [0.1, 0.15) is 21.7 Å². The fourth-order valence-corrected chi connectivity index (χ4v) is 2.91. The van der Waals surface area contributed by atoms with Gasteiger partial charge in [-0.15, -0.1) is 11.3 Å². The maximum atomic E-state index is 12.6. The number of anilines is 1. The van der Waals surface area contributed by atoms with Crippen molar-refractivity contribution in [1.29, 1.82) is 0 Å². The molecule has 0 saturated heterocycles. The van der Waals surface area contributed by atoms with Crippen molar-refractivity contribution >= 4 is 22.4 Å². The van der Waals surface area contributed by atoms with E-state index in [1.807, 2.05) is 30.3 Å². The fourth-order valence-electron chi connectivity index (χ4n) is 2.20. The first-order valence-corrected chi connectivity index (χ1v) is 8.10. The predicted molar refractivity (Wildman–Crippen MR) is 89.5 cm³/mol. The average Bonchev–Trinajstić information content (AvgIpc) is 3.04. The lowest BCUT2D eigenvalue weighted by molar-refractivity contribution is -0.140. The van der Waals surface area contributed by atoms with E-state index < -0.39 is 17.8 Å². The highest BCUT2D eigenvalue weighted by Crippen LogP contribution is 2.31. The second-order valence-electron chi connectivity index (χ2n) is 5.19. The number of nitrogens with one attached hydrogen (secondary N) is 1. The second-order valence-corrected chi connectivity index (χ2v) is 6.04. The molecule has 0 spiro atoms. The number of nitrogens with zero attached hydrogens (tertiary/aromatic N) is 2. The SMILES string of the molecule is Cc1nc(-c2ccccc2)ccc1C(=O)Nc1nc(C(F)(F)F)cs1. The van der Waals surface area contributed by atoms with Gasteiger partial charge in [-0.2, -0.15) is 13.2 Å². The predicted octanol–water partition coefficient (Wildman–Crippen LogP) is 4.78. The molecule has 0 saturated carbocycles. The highest BCUT2D eigenvalue weighted by atomic mass is 32.1. The number of halogens is 3. The Hall–Kier alpha value is -2.74. The number of hydrogen-bond acceptors (Lipinski definition) is 4. The van der Waals surface area contributed by atoms with Crippen molar-refractivity contribution in [1.82, 2.24) is 9.97 Å². The maximum Gasteiger partial charge on any atom is 0.434 e. The number of amides is 1. The Morgan fingerprint density at radius 1 is 1.08 bits per heavy atom. The molecule has 0 aliphatic carbocycles. The molecule has 2 heterocycles. The van der Waals surface area contributed by atoms with Gasteiger partial charge in [-0.3, -0.25) is 15.1 Å². The van der Waals surface area contributed by atoms with Crippen molar-refractivity contribution in [3.63, 3.8) is 0 Å². The Kier molecular flexibility index (Phi) is 4.54. The Morgan fingerprint density at radius 3 is 2.40 bits per heavy atom. The van der Waals surface area contributed by atoms with Gasteiger partial charge in [-0.05, 0) is 19.1 Å². The number of carbonyl (C=O) groups is 1. The third-order valence-corrected chi connectivity index (χ3v) is 4.17. The summed E-state index contributed by atoms with van der Waals surface area (Å²) in [5.74, 6) is -0.548. The first-order valence-electron chi connectivity index (χ1n) is 7.22. The Bertz CT molecular complexity index is 907. The molecular formula is C17H12F3N3OS. The molecule has 1 aromatic carbocycles. The summed E-state index contributed by atoms with van der Waals surface area (Å²) >= 11 is 0.722. The van der Waals surface area contributed by atoms with Crippen molar-refractivity contribution in [2.75, 3.05) is 5.32 Å². The zero-order valence-electron chi connectivity index (χ0n) is 13.0. The number of thiazole rings is 1. The zero-order chi connectivity index (χ0) is 18.0. The molecule has 2 aromatic heterocycles. The van der Waals surface area contributed by atoms with E-state index >= 15 is 0 Å². The first-order chi connectivity index (χ1) is 11.8. The summed E-state index contributed by atoms with van der Waals surface area (Å²) in [7, 11) is 0. The van der Waals surface area contributed by atoms with Crippen molar-refractivity contribution in [3.8, 4) is 11.3 Å². The molecule has 4 nitrogen and oxygen atoms in total. The number of aryl methyl sites for hydroxylation is 1. The van der Waals surface area contributed by atoms with Crippen molar-refractivity contribution in [2.45, 2.75) is 13.1 Å². The smallest absolute Gasteiger partial charge is 0.298 e. The first kappa shape index (κ1) is 17.1. The molecular weight excluding hydrogens is 351 g/mol. The van der Waals surface area contributed by atoms with Gasteiger partial charge in [0.15, 0.2) is 10.8 Å². The molecule has 0 bridgehead atoms. The third kappa shape index (κ3) is 3.85. The minimum absolute atomic E-state index is 0.108. The van der Waals surface area contributed by atoms with Crippen molar-refractivity contribution < 1.29 is 18.0 Å². The van der Waals surface area contributed by atoms with Crippen molar-refractivity contribution in [2.24, 2.45) is 0 Å². The van der Waals surface area contributed by atoms with Crippen LogP contribution >= 0.6 is 11.3 Å². The highest BCUT2D eigenvalue weighted by Gasteiger charge is 2.34. The van der Waals surface area contributed by atoms with E-state index in [-0.39, 0.29) is 10.7 Å². The summed E-state index contributed by atoms with van der Waals surface area (Å²) in [6.45, 7) is 1.67. The van der Waals surface area contributed by atoms with Crippen LogP contribution < -0.4 is 5.32 Å². The lowest BCUT2D eigenvalue weighted by Crippen LogP contribution is -2.14. The van der Waals surface area contributed by atoms with Crippen LogP contribution in [0, 0.1) is 6.92 Å². The van der Waals surface area contributed by atoms with Crippen LogP contribution in [0.5, 0.6) is 0 Å². The van der Waals surface area contributed by atoms with Gasteiger partial charge in [0.2, 0.25) is 0 Å². The van der Waals surface area contributed by atoms with Gasteiger partial charge in [-0.1, -0.05) is 30.3 Å². The number of pyridine rings is 1. The monoisotopic (exact) mass is 363 g/mol. The molecule has 128 valence electrons. The molecule has 0 atom stereocenters. The summed E-state index contributed by atoms with van der Waals surface area (Å²) in [6.07, 6.45) is -4.53. The van der Waals surface area contributed by atoms with E-state index in [1.165, 1.54) is 0 Å². The van der Waals surface area contributed by atoms with Crippen LogP contribution in [-0.4, -0.2) is 15.9 Å². The molecule has 1 N–H and O–H groups in total. The van der Waals surface area contributed by atoms with Crippen LogP contribution in [0.2, 0.25) is 0 Å². The van der Waals surface area contributed by atoms with Crippen LogP contribution in [0.25, 0.3) is 11.3 Å². The topological polar surface area (TPSA) is 54.9 Å². The lowest BCUT2D eigenvalue weighted by atomic mass is 10.1. The molecule has 3 rings (SSSR count). The lowest BCUT2D eigenvalue weighted by Gasteiger charge is -2.07. The largest absolute Gasteiger partial charge is 0.434 e. The van der Waals surface area contributed by atoms with Crippen LogP contribution in [0.4, 0.5) is 18.3 Å². The molecule has 8 heteroatoms. The van der Waals surface area contributed by atoms with Crippen molar-refractivity contribution in [3.05, 3.63) is 64.8 Å². The molecule has 3 aromatic rings.